The van der Waals surface area contributed by atoms with Crippen molar-refractivity contribution in [2.45, 2.75) is 84.9 Å². The molecule has 1 aromatic rings. The second-order valence-electron chi connectivity index (χ2n) is 12.8. The summed E-state index contributed by atoms with van der Waals surface area (Å²) in [6, 6.07) is -0.867. The lowest BCUT2D eigenvalue weighted by Gasteiger charge is -2.49. The molecule has 10 nitrogen and oxygen atoms in total. The van der Waals surface area contributed by atoms with Crippen molar-refractivity contribution in [1.29, 1.82) is 0 Å². The minimum absolute atomic E-state index is 0.0998. The number of carbonyl (C=O) groups excluding carboxylic acids is 3. The standard InChI is InChI=1S/C31H43N5O5S/c1-7-22-20-42-26(32-22)10-11-28(38)36-27-19-34(23-12-14-33(18-23)13-8-9-15-37)29(39)24(17-31(4,5)6)35(27)30(40)25(41-36)16-21(2)3/h1,10-11,19-21,23-25,37H,8-9,12-18H2,2-6H3/b11-10+/t23?,24-,25+/m0/s1. The molecule has 42 heavy (non-hydrogen) atoms. The summed E-state index contributed by atoms with van der Waals surface area (Å²) in [5.41, 5.74) is 0.229. The van der Waals surface area contributed by atoms with Gasteiger partial charge in [0.05, 0.1) is 12.2 Å². The number of carbonyl (C=O) groups is 3. The van der Waals surface area contributed by atoms with Crippen LogP contribution in [0.25, 0.3) is 6.08 Å². The molecule has 3 aliphatic heterocycles. The Kier molecular flexibility index (Phi) is 10.3. The van der Waals surface area contributed by atoms with Crippen molar-refractivity contribution < 1.29 is 24.3 Å². The van der Waals surface area contributed by atoms with Crippen LogP contribution in [0.5, 0.6) is 0 Å². The van der Waals surface area contributed by atoms with Crippen molar-refractivity contribution in [3.05, 3.63) is 34.2 Å². The molecular formula is C31H43N5O5S. The van der Waals surface area contributed by atoms with Gasteiger partial charge in [0.25, 0.3) is 11.8 Å². The topological polar surface area (TPSA) is 107 Å². The first-order valence-corrected chi connectivity index (χ1v) is 15.6. The summed E-state index contributed by atoms with van der Waals surface area (Å²) in [6.45, 7) is 12.6. The number of hydrogen-bond donors (Lipinski definition) is 1. The van der Waals surface area contributed by atoms with E-state index in [4.69, 9.17) is 16.4 Å². The molecule has 4 heterocycles. The minimum atomic E-state index is -0.900. The Morgan fingerprint density at radius 2 is 2.05 bits per heavy atom. The van der Waals surface area contributed by atoms with E-state index in [1.807, 2.05) is 34.6 Å². The van der Waals surface area contributed by atoms with Crippen molar-refractivity contribution in [1.82, 2.24) is 24.7 Å². The first-order chi connectivity index (χ1) is 19.9. The SMILES string of the molecule is C#Cc1csc(/C=C/C(=O)N2O[C@H](CC(C)C)C(=O)N3C2=CN(C2CCN(CCCCO)C2)C(=O)[C@@H]3CC(C)(C)C)n1. The predicted molar refractivity (Wildman–Crippen MR) is 161 cm³/mol. The average molecular weight is 598 g/mol. The van der Waals surface area contributed by atoms with Gasteiger partial charge in [-0.25, -0.2) is 4.98 Å². The van der Waals surface area contributed by atoms with Gasteiger partial charge >= 0.3 is 0 Å². The zero-order valence-corrected chi connectivity index (χ0v) is 26.1. The summed E-state index contributed by atoms with van der Waals surface area (Å²) in [4.78, 5) is 57.7. The highest BCUT2D eigenvalue weighted by Crippen LogP contribution is 2.37. The van der Waals surface area contributed by atoms with Crippen LogP contribution in [0.2, 0.25) is 0 Å². The molecule has 0 radical (unpaired) electrons. The van der Waals surface area contributed by atoms with Gasteiger partial charge in [0.1, 0.15) is 16.7 Å². The zero-order chi connectivity index (χ0) is 30.6. The predicted octanol–water partition coefficient (Wildman–Crippen LogP) is 3.45. The van der Waals surface area contributed by atoms with Gasteiger partial charge in [0.15, 0.2) is 11.9 Å². The summed E-state index contributed by atoms with van der Waals surface area (Å²) in [5, 5.41) is 12.6. The normalized spacial score (nSPS) is 23.6. The van der Waals surface area contributed by atoms with Gasteiger partial charge in [-0.2, -0.15) is 5.06 Å². The number of aromatic nitrogens is 1. The number of rotatable bonds is 10. The van der Waals surface area contributed by atoms with E-state index < -0.39 is 18.1 Å². The molecule has 1 unspecified atom stereocenters. The molecule has 4 rings (SSSR count). The molecule has 0 aromatic carbocycles. The van der Waals surface area contributed by atoms with Crippen LogP contribution < -0.4 is 0 Å². The number of hydrogen-bond acceptors (Lipinski definition) is 8. The molecule has 11 heteroatoms. The smallest absolute Gasteiger partial charge is 0.276 e. The fourth-order valence-corrected chi connectivity index (χ4v) is 6.25. The molecule has 0 aliphatic carbocycles. The maximum absolute atomic E-state index is 14.2. The third-order valence-electron chi connectivity index (χ3n) is 7.56. The van der Waals surface area contributed by atoms with E-state index in [0.717, 1.165) is 32.4 Å². The van der Waals surface area contributed by atoms with Crippen molar-refractivity contribution in [3.8, 4) is 12.3 Å². The Morgan fingerprint density at radius 1 is 1.29 bits per heavy atom. The number of fused-ring (bicyclic) bond motifs is 1. The average Bonchev–Trinajstić information content (AvgIpc) is 3.59. The van der Waals surface area contributed by atoms with Crippen molar-refractivity contribution in [2.75, 3.05) is 26.2 Å². The quantitative estimate of drug-likeness (QED) is 0.250. The number of terminal acetylenes is 1. The van der Waals surface area contributed by atoms with Crippen LogP contribution in [0, 0.1) is 23.7 Å². The van der Waals surface area contributed by atoms with E-state index in [9.17, 15) is 14.4 Å². The molecule has 2 fully saturated rings. The summed E-state index contributed by atoms with van der Waals surface area (Å²) in [7, 11) is 0. The number of hydroxylamine groups is 2. The first-order valence-electron chi connectivity index (χ1n) is 14.7. The second kappa shape index (κ2) is 13.5. The number of unbranched alkanes of at least 4 members (excludes halogenated alkanes) is 1. The lowest BCUT2D eigenvalue weighted by Crippen LogP contribution is -2.64. The molecule has 3 atom stereocenters. The van der Waals surface area contributed by atoms with Gasteiger partial charge in [0, 0.05) is 31.2 Å². The Bertz CT molecular complexity index is 1260. The third-order valence-corrected chi connectivity index (χ3v) is 8.37. The molecule has 1 N–H and O–H groups in total. The van der Waals surface area contributed by atoms with Crippen molar-refractivity contribution >= 4 is 35.1 Å². The van der Waals surface area contributed by atoms with Gasteiger partial charge in [-0.05, 0) is 62.0 Å². The molecule has 2 saturated heterocycles. The lowest BCUT2D eigenvalue weighted by atomic mass is 9.85. The monoisotopic (exact) mass is 597 g/mol. The number of nitrogens with zero attached hydrogens (tertiary/aromatic N) is 5. The maximum atomic E-state index is 14.2. The van der Waals surface area contributed by atoms with E-state index in [-0.39, 0.29) is 41.6 Å². The van der Waals surface area contributed by atoms with Crippen LogP contribution in [0.3, 0.4) is 0 Å². The van der Waals surface area contributed by atoms with Crippen LogP contribution in [0.4, 0.5) is 0 Å². The Hall–Kier alpha value is -3.04. The molecule has 0 bridgehead atoms. The van der Waals surface area contributed by atoms with E-state index in [2.05, 4.69) is 15.8 Å². The molecule has 1 aromatic heterocycles. The van der Waals surface area contributed by atoms with Gasteiger partial charge in [-0.1, -0.05) is 34.6 Å². The molecule has 228 valence electrons. The minimum Gasteiger partial charge on any atom is -0.396 e. The fourth-order valence-electron chi connectivity index (χ4n) is 5.60. The van der Waals surface area contributed by atoms with Gasteiger partial charge in [0.2, 0.25) is 5.91 Å². The third kappa shape index (κ3) is 7.48. The molecule has 0 saturated carbocycles. The van der Waals surface area contributed by atoms with E-state index in [1.54, 1.807) is 22.6 Å². The van der Waals surface area contributed by atoms with Crippen LogP contribution >= 0.6 is 11.3 Å². The second-order valence-corrected chi connectivity index (χ2v) is 13.7. The highest BCUT2D eigenvalue weighted by Gasteiger charge is 2.51. The number of aliphatic hydroxyl groups is 1. The number of aliphatic hydroxyl groups excluding tert-OH is 1. The van der Waals surface area contributed by atoms with Crippen LogP contribution in [0.1, 0.15) is 77.4 Å². The van der Waals surface area contributed by atoms with E-state index in [0.29, 0.717) is 30.1 Å². The molecule has 0 spiro atoms. The van der Waals surface area contributed by atoms with Gasteiger partial charge < -0.3 is 14.9 Å². The van der Waals surface area contributed by atoms with E-state index in [1.165, 1.54) is 27.4 Å². The van der Waals surface area contributed by atoms with Crippen LogP contribution in [-0.4, -0.2) is 92.0 Å². The highest BCUT2D eigenvalue weighted by atomic mass is 32.1. The first kappa shape index (κ1) is 31.9. The molecular weight excluding hydrogens is 554 g/mol. The lowest BCUT2D eigenvalue weighted by molar-refractivity contribution is -0.226. The summed E-state index contributed by atoms with van der Waals surface area (Å²) >= 11 is 1.32. The van der Waals surface area contributed by atoms with Gasteiger partial charge in [-0.15, -0.1) is 17.8 Å². The van der Waals surface area contributed by atoms with Crippen molar-refractivity contribution in [2.24, 2.45) is 11.3 Å². The van der Waals surface area contributed by atoms with Gasteiger partial charge in [-0.3, -0.25) is 24.1 Å². The van der Waals surface area contributed by atoms with Crippen molar-refractivity contribution in [3.63, 3.8) is 0 Å². The Morgan fingerprint density at radius 3 is 2.69 bits per heavy atom. The summed E-state index contributed by atoms with van der Waals surface area (Å²) in [5.74, 6) is 1.94. The van der Waals surface area contributed by atoms with Crippen LogP contribution in [0.15, 0.2) is 23.5 Å². The Balaban J connectivity index is 1.70. The number of amides is 3. The highest BCUT2D eigenvalue weighted by molar-refractivity contribution is 7.10. The molecule has 3 amide bonds. The number of likely N-dealkylation sites (tertiary alicyclic amines) is 1. The maximum Gasteiger partial charge on any atom is 0.276 e. The zero-order valence-electron chi connectivity index (χ0n) is 25.3. The summed E-state index contributed by atoms with van der Waals surface area (Å²) < 4.78 is 0. The number of thiazole rings is 1. The molecule has 3 aliphatic rings. The van der Waals surface area contributed by atoms with Crippen LogP contribution in [-0.2, 0) is 19.2 Å². The summed E-state index contributed by atoms with van der Waals surface area (Å²) in [6.07, 6.45) is 12.3. The fraction of sp³-hybridized carbons (Fsp3) is 0.613. The van der Waals surface area contributed by atoms with E-state index >= 15 is 0 Å². The Labute approximate surface area is 252 Å². The largest absolute Gasteiger partial charge is 0.396 e.